The minimum atomic E-state index is -0.149. The molecule has 146 valence electrons. The number of aromatic nitrogens is 1. The highest BCUT2D eigenvalue weighted by Crippen LogP contribution is 2.28. The van der Waals surface area contributed by atoms with Gasteiger partial charge in [0.1, 0.15) is 0 Å². The van der Waals surface area contributed by atoms with Gasteiger partial charge in [0.05, 0.1) is 21.5 Å². The molecule has 3 heterocycles. The van der Waals surface area contributed by atoms with E-state index >= 15 is 0 Å². The van der Waals surface area contributed by atoms with E-state index in [1.807, 2.05) is 6.07 Å². The van der Waals surface area contributed by atoms with Gasteiger partial charge in [-0.3, -0.25) is 9.69 Å². The van der Waals surface area contributed by atoms with Crippen LogP contribution in [0.1, 0.15) is 45.4 Å². The molecule has 0 radical (unpaired) electrons. The number of carbonyl (C=O) groups is 1. The molecule has 0 atom stereocenters. The largest absolute Gasteiger partial charge is 0.359 e. The summed E-state index contributed by atoms with van der Waals surface area (Å²) in [5.41, 5.74) is 2.34. The first-order valence-corrected chi connectivity index (χ1v) is 10.6. The molecule has 0 bridgehead atoms. The van der Waals surface area contributed by atoms with Gasteiger partial charge in [0.2, 0.25) is 0 Å². The topological polar surface area (TPSA) is 58.4 Å². The standard InChI is InChI=1S/C21H22ClN3O2S/c22-20-7-6-19(28-20)21(26)23-13-17-12-18(24-27-17)16-8-10-25(11-9-16)14-15-4-2-1-3-5-15/h1-7,12,16H,8-11,13-14H2,(H,23,26). The number of likely N-dealkylation sites (tertiary alicyclic amines) is 1. The Morgan fingerprint density at radius 2 is 2.00 bits per heavy atom. The zero-order valence-corrected chi connectivity index (χ0v) is 17.0. The number of hydrogen-bond acceptors (Lipinski definition) is 5. The molecular formula is C21H22ClN3O2S. The molecule has 5 nitrogen and oxygen atoms in total. The van der Waals surface area contributed by atoms with Crippen molar-refractivity contribution in [3.8, 4) is 0 Å². The molecule has 1 aliphatic rings. The maximum atomic E-state index is 12.1. The number of carbonyl (C=O) groups excluding carboxylic acids is 1. The van der Waals surface area contributed by atoms with E-state index in [9.17, 15) is 4.79 Å². The average Bonchev–Trinajstić information content (AvgIpc) is 3.37. The minimum Gasteiger partial charge on any atom is -0.359 e. The summed E-state index contributed by atoms with van der Waals surface area (Å²) in [5, 5.41) is 7.09. The molecule has 1 aliphatic heterocycles. The van der Waals surface area contributed by atoms with Crippen LogP contribution in [-0.2, 0) is 13.1 Å². The van der Waals surface area contributed by atoms with Crippen molar-refractivity contribution in [1.29, 1.82) is 0 Å². The van der Waals surface area contributed by atoms with Crippen LogP contribution in [0.3, 0.4) is 0 Å². The van der Waals surface area contributed by atoms with Crippen molar-refractivity contribution in [3.05, 3.63) is 74.8 Å². The number of rotatable bonds is 6. The quantitative estimate of drug-likeness (QED) is 0.634. The zero-order valence-electron chi connectivity index (χ0n) is 15.4. The molecule has 2 aromatic heterocycles. The summed E-state index contributed by atoms with van der Waals surface area (Å²) >= 11 is 7.14. The van der Waals surface area contributed by atoms with E-state index in [4.69, 9.17) is 16.1 Å². The van der Waals surface area contributed by atoms with Crippen molar-refractivity contribution < 1.29 is 9.32 Å². The van der Waals surface area contributed by atoms with E-state index in [0.717, 1.165) is 38.2 Å². The SMILES string of the molecule is O=C(NCc1cc(C2CCN(Cc3ccccc3)CC2)no1)c1ccc(Cl)s1. The van der Waals surface area contributed by atoms with Crippen LogP contribution < -0.4 is 5.32 Å². The highest BCUT2D eigenvalue weighted by atomic mass is 35.5. The third-order valence-corrected chi connectivity index (χ3v) is 6.28. The molecular weight excluding hydrogens is 394 g/mol. The number of thiophene rings is 1. The fraction of sp³-hybridized carbons (Fsp3) is 0.333. The molecule has 1 aromatic carbocycles. The maximum absolute atomic E-state index is 12.1. The normalized spacial score (nSPS) is 15.6. The van der Waals surface area contributed by atoms with E-state index in [-0.39, 0.29) is 5.91 Å². The second kappa shape index (κ2) is 8.90. The number of hydrogen-bond donors (Lipinski definition) is 1. The Morgan fingerprint density at radius 1 is 1.21 bits per heavy atom. The van der Waals surface area contributed by atoms with E-state index in [1.54, 1.807) is 12.1 Å². The Kier molecular flexibility index (Phi) is 6.10. The van der Waals surface area contributed by atoms with Crippen LogP contribution in [0.5, 0.6) is 0 Å². The predicted molar refractivity (Wildman–Crippen MR) is 111 cm³/mol. The monoisotopic (exact) mass is 415 g/mol. The third kappa shape index (κ3) is 4.82. The van der Waals surface area contributed by atoms with Gasteiger partial charge in [-0.25, -0.2) is 0 Å². The first kappa shape index (κ1) is 19.2. The van der Waals surface area contributed by atoms with Crippen LogP contribution >= 0.6 is 22.9 Å². The fourth-order valence-corrected chi connectivity index (χ4v) is 4.48. The second-order valence-corrected chi connectivity index (χ2v) is 8.76. The van der Waals surface area contributed by atoms with Crippen molar-refractivity contribution in [3.63, 3.8) is 0 Å². The lowest BCUT2D eigenvalue weighted by Gasteiger charge is -2.31. The van der Waals surface area contributed by atoms with Gasteiger partial charge in [0, 0.05) is 18.5 Å². The Labute approximate surface area is 173 Å². The van der Waals surface area contributed by atoms with Crippen LogP contribution in [0.4, 0.5) is 0 Å². The summed E-state index contributed by atoms with van der Waals surface area (Å²) in [6.07, 6.45) is 2.14. The molecule has 3 aromatic rings. The van der Waals surface area contributed by atoms with Gasteiger partial charge >= 0.3 is 0 Å². The number of piperidine rings is 1. The zero-order chi connectivity index (χ0) is 19.3. The van der Waals surface area contributed by atoms with Crippen molar-refractivity contribution in [2.24, 2.45) is 0 Å². The van der Waals surface area contributed by atoms with E-state index < -0.39 is 0 Å². The van der Waals surface area contributed by atoms with E-state index in [0.29, 0.717) is 27.4 Å². The molecule has 0 unspecified atom stereocenters. The summed E-state index contributed by atoms with van der Waals surface area (Å²) in [6.45, 7) is 3.43. The van der Waals surface area contributed by atoms with Gasteiger partial charge in [-0.1, -0.05) is 47.1 Å². The lowest BCUT2D eigenvalue weighted by atomic mass is 9.93. The van der Waals surface area contributed by atoms with Crippen LogP contribution in [0, 0.1) is 0 Å². The fourth-order valence-electron chi connectivity index (χ4n) is 3.52. The number of amides is 1. The molecule has 1 N–H and O–H groups in total. The number of halogens is 1. The molecule has 0 saturated carbocycles. The molecule has 1 fully saturated rings. The minimum absolute atomic E-state index is 0.149. The van der Waals surface area contributed by atoms with Gasteiger partial charge in [-0.15, -0.1) is 11.3 Å². The lowest BCUT2D eigenvalue weighted by Crippen LogP contribution is -2.32. The number of nitrogens with one attached hydrogen (secondary N) is 1. The molecule has 28 heavy (non-hydrogen) atoms. The lowest BCUT2D eigenvalue weighted by molar-refractivity contribution is 0.0951. The molecule has 0 spiro atoms. The average molecular weight is 416 g/mol. The van der Waals surface area contributed by atoms with Gasteiger partial charge in [0.25, 0.3) is 5.91 Å². The first-order chi connectivity index (χ1) is 13.7. The Morgan fingerprint density at radius 3 is 2.71 bits per heavy atom. The Bertz CT molecular complexity index is 917. The first-order valence-electron chi connectivity index (χ1n) is 9.42. The van der Waals surface area contributed by atoms with Crippen LogP contribution in [-0.4, -0.2) is 29.1 Å². The molecule has 1 amide bonds. The highest BCUT2D eigenvalue weighted by molar-refractivity contribution is 7.17. The second-order valence-electron chi connectivity index (χ2n) is 7.04. The summed E-state index contributed by atoms with van der Waals surface area (Å²) in [7, 11) is 0. The molecule has 1 saturated heterocycles. The van der Waals surface area contributed by atoms with E-state index in [1.165, 1.54) is 16.9 Å². The van der Waals surface area contributed by atoms with Gasteiger partial charge in [-0.2, -0.15) is 0 Å². The summed E-state index contributed by atoms with van der Waals surface area (Å²) in [4.78, 5) is 15.2. The van der Waals surface area contributed by atoms with Crippen LogP contribution in [0.15, 0.2) is 53.1 Å². The Balaban J connectivity index is 1.26. The van der Waals surface area contributed by atoms with Gasteiger partial charge in [-0.05, 0) is 43.6 Å². The van der Waals surface area contributed by atoms with Crippen molar-refractivity contribution in [1.82, 2.24) is 15.4 Å². The molecule has 4 rings (SSSR count). The maximum Gasteiger partial charge on any atom is 0.261 e. The van der Waals surface area contributed by atoms with Crippen molar-refractivity contribution in [2.45, 2.75) is 31.8 Å². The third-order valence-electron chi connectivity index (χ3n) is 5.05. The van der Waals surface area contributed by atoms with Gasteiger partial charge in [0.15, 0.2) is 5.76 Å². The smallest absolute Gasteiger partial charge is 0.261 e. The van der Waals surface area contributed by atoms with Crippen molar-refractivity contribution in [2.75, 3.05) is 13.1 Å². The predicted octanol–water partition coefficient (Wildman–Crippen LogP) is 4.70. The highest BCUT2D eigenvalue weighted by Gasteiger charge is 2.23. The molecule has 0 aliphatic carbocycles. The summed E-state index contributed by atoms with van der Waals surface area (Å²) in [6, 6.07) is 16.0. The molecule has 7 heteroatoms. The van der Waals surface area contributed by atoms with Gasteiger partial charge < -0.3 is 9.84 Å². The van der Waals surface area contributed by atoms with Crippen LogP contribution in [0.2, 0.25) is 4.34 Å². The summed E-state index contributed by atoms with van der Waals surface area (Å²) < 4.78 is 6.03. The summed E-state index contributed by atoms with van der Waals surface area (Å²) in [5.74, 6) is 0.943. The van der Waals surface area contributed by atoms with Crippen LogP contribution in [0.25, 0.3) is 0 Å². The number of nitrogens with zero attached hydrogens (tertiary/aromatic N) is 2. The number of benzene rings is 1. The Hall–Kier alpha value is -2.15. The van der Waals surface area contributed by atoms with E-state index in [2.05, 4.69) is 45.7 Å². The van der Waals surface area contributed by atoms with Crippen molar-refractivity contribution >= 4 is 28.8 Å².